The first kappa shape index (κ1) is 29.8. The van der Waals surface area contributed by atoms with E-state index >= 15 is 0 Å². The van der Waals surface area contributed by atoms with Crippen LogP contribution in [0.15, 0.2) is 48.5 Å². The standard InChI is InChI=1S/C28H35N9O5/c1-28(2,3)42-27(40)31-16-18-8-6-17(7-9-18)14-29-23-34-24(30-15-19-10-12-20(41-5)13-11-19)36-25(35-23)32-21-22(38)37(4)26(39)33-21/h6-13,21H,14-16H2,1-5H3,(H,31,40)(H,33,39)(H3,29,30,32,34,35,36). The largest absolute Gasteiger partial charge is 0.497 e. The Hall–Kier alpha value is -5.14. The van der Waals surface area contributed by atoms with Crippen LogP contribution in [-0.4, -0.2) is 63.8 Å². The number of nitrogens with one attached hydrogen (secondary N) is 5. The van der Waals surface area contributed by atoms with Gasteiger partial charge < -0.3 is 36.1 Å². The van der Waals surface area contributed by atoms with Gasteiger partial charge in [-0.2, -0.15) is 15.0 Å². The van der Waals surface area contributed by atoms with Gasteiger partial charge in [0.1, 0.15) is 11.4 Å². The molecule has 14 heteroatoms. The van der Waals surface area contributed by atoms with Crippen molar-refractivity contribution in [2.24, 2.45) is 0 Å². The average molecular weight is 578 g/mol. The average Bonchev–Trinajstić information content (AvgIpc) is 3.19. The molecule has 42 heavy (non-hydrogen) atoms. The monoisotopic (exact) mass is 577 g/mol. The molecule has 2 aromatic carbocycles. The molecule has 3 aromatic rings. The maximum absolute atomic E-state index is 12.4. The van der Waals surface area contributed by atoms with Crippen LogP contribution in [0.4, 0.5) is 27.4 Å². The number of carbonyl (C=O) groups excluding carboxylic acids is 3. The van der Waals surface area contributed by atoms with E-state index in [-0.39, 0.29) is 17.8 Å². The van der Waals surface area contributed by atoms with Crippen molar-refractivity contribution in [2.75, 3.05) is 30.1 Å². The van der Waals surface area contributed by atoms with E-state index in [2.05, 4.69) is 41.5 Å². The molecule has 0 aliphatic carbocycles. The normalized spacial score (nSPS) is 14.7. The number of amides is 4. The zero-order valence-corrected chi connectivity index (χ0v) is 24.1. The van der Waals surface area contributed by atoms with Crippen LogP contribution in [0.3, 0.4) is 0 Å². The number of nitrogens with zero attached hydrogens (tertiary/aromatic N) is 4. The number of rotatable bonds is 11. The summed E-state index contributed by atoms with van der Waals surface area (Å²) in [7, 11) is 3.00. The summed E-state index contributed by atoms with van der Waals surface area (Å²) in [5.74, 6) is 0.911. The van der Waals surface area contributed by atoms with E-state index in [1.807, 2.05) is 69.3 Å². The molecule has 1 unspecified atom stereocenters. The first-order valence-electron chi connectivity index (χ1n) is 13.2. The molecule has 0 bridgehead atoms. The second kappa shape index (κ2) is 13.0. The number of aromatic nitrogens is 3. The first-order valence-corrected chi connectivity index (χ1v) is 13.2. The van der Waals surface area contributed by atoms with Crippen molar-refractivity contribution in [2.45, 2.75) is 52.2 Å². The quantitative estimate of drug-likeness (QED) is 0.212. The van der Waals surface area contributed by atoms with Crippen LogP contribution in [0.5, 0.6) is 5.75 Å². The van der Waals surface area contributed by atoms with Crippen molar-refractivity contribution in [3.63, 3.8) is 0 Å². The van der Waals surface area contributed by atoms with Crippen molar-refractivity contribution >= 4 is 35.9 Å². The zero-order chi connectivity index (χ0) is 30.3. The van der Waals surface area contributed by atoms with E-state index in [4.69, 9.17) is 9.47 Å². The molecule has 4 rings (SSSR count). The molecule has 1 aliphatic heterocycles. The second-order valence-corrected chi connectivity index (χ2v) is 10.5. The molecule has 0 radical (unpaired) electrons. The third-order valence-corrected chi connectivity index (χ3v) is 5.98. The Morgan fingerprint density at radius 3 is 1.83 bits per heavy atom. The van der Waals surface area contributed by atoms with E-state index in [0.717, 1.165) is 27.3 Å². The Bertz CT molecular complexity index is 1410. The number of likely N-dealkylation sites (N-methyl/N-ethyl adjacent to an activating group) is 1. The predicted octanol–water partition coefficient (Wildman–Crippen LogP) is 3.05. The summed E-state index contributed by atoms with van der Waals surface area (Å²) in [6, 6.07) is 14.7. The number of imide groups is 1. The maximum atomic E-state index is 12.4. The SMILES string of the molecule is COc1ccc(CNc2nc(NCc3ccc(CNC(=O)OC(C)(C)C)cc3)nc(NC3NC(=O)N(C)C3=O)n2)cc1. The third-order valence-electron chi connectivity index (χ3n) is 5.98. The number of alkyl carbamates (subject to hydrolysis) is 1. The van der Waals surface area contributed by atoms with Crippen molar-refractivity contribution < 1.29 is 23.9 Å². The van der Waals surface area contributed by atoms with Crippen LogP contribution in [0.1, 0.15) is 37.5 Å². The lowest BCUT2D eigenvalue weighted by Crippen LogP contribution is -2.37. The van der Waals surface area contributed by atoms with Gasteiger partial charge in [0.05, 0.1) is 7.11 Å². The Morgan fingerprint density at radius 1 is 0.857 bits per heavy atom. The van der Waals surface area contributed by atoms with Gasteiger partial charge in [0.2, 0.25) is 17.8 Å². The molecule has 222 valence electrons. The van der Waals surface area contributed by atoms with Crippen LogP contribution >= 0.6 is 0 Å². The number of methoxy groups -OCH3 is 1. The number of ether oxygens (including phenoxy) is 2. The highest BCUT2D eigenvalue weighted by atomic mass is 16.6. The zero-order valence-electron chi connectivity index (χ0n) is 24.1. The molecule has 1 fully saturated rings. The van der Waals surface area contributed by atoms with Gasteiger partial charge >= 0.3 is 12.1 Å². The van der Waals surface area contributed by atoms with Crippen LogP contribution in [0.25, 0.3) is 0 Å². The van der Waals surface area contributed by atoms with Gasteiger partial charge in [0, 0.05) is 26.7 Å². The molecular weight excluding hydrogens is 542 g/mol. The van der Waals surface area contributed by atoms with Crippen LogP contribution in [-0.2, 0) is 29.2 Å². The summed E-state index contributed by atoms with van der Waals surface area (Å²) in [6.07, 6.45) is -1.48. The topological polar surface area (TPSA) is 172 Å². The Morgan fingerprint density at radius 2 is 1.36 bits per heavy atom. The number of urea groups is 1. The van der Waals surface area contributed by atoms with Crippen LogP contribution < -0.4 is 31.3 Å². The maximum Gasteiger partial charge on any atom is 0.407 e. The molecular formula is C28H35N9O5. The van der Waals surface area contributed by atoms with Gasteiger partial charge in [-0.15, -0.1) is 0 Å². The second-order valence-electron chi connectivity index (χ2n) is 10.5. The number of benzene rings is 2. The first-order chi connectivity index (χ1) is 20.0. The molecule has 1 aliphatic rings. The van der Waals surface area contributed by atoms with E-state index in [1.165, 1.54) is 7.05 Å². The minimum Gasteiger partial charge on any atom is -0.497 e. The van der Waals surface area contributed by atoms with Crippen molar-refractivity contribution in [3.05, 3.63) is 65.2 Å². The van der Waals surface area contributed by atoms with E-state index in [1.54, 1.807) is 7.11 Å². The predicted molar refractivity (Wildman–Crippen MR) is 156 cm³/mol. The lowest BCUT2D eigenvalue weighted by molar-refractivity contribution is -0.125. The van der Waals surface area contributed by atoms with Gasteiger partial charge in [0.15, 0.2) is 6.17 Å². The van der Waals surface area contributed by atoms with E-state index in [0.29, 0.717) is 19.6 Å². The van der Waals surface area contributed by atoms with Gasteiger partial charge in [-0.05, 0) is 49.6 Å². The molecule has 1 saturated heterocycles. The summed E-state index contributed by atoms with van der Waals surface area (Å²) in [5.41, 5.74) is 2.26. The Kier molecular flexibility index (Phi) is 9.25. The minimum atomic E-state index is -1.01. The van der Waals surface area contributed by atoms with Gasteiger partial charge in [-0.3, -0.25) is 9.69 Å². The summed E-state index contributed by atoms with van der Waals surface area (Å²) >= 11 is 0. The lowest BCUT2D eigenvalue weighted by Gasteiger charge is -2.19. The summed E-state index contributed by atoms with van der Waals surface area (Å²) in [5, 5.41) is 14.5. The molecule has 0 spiro atoms. The van der Waals surface area contributed by atoms with Crippen LogP contribution in [0, 0.1) is 0 Å². The molecule has 4 amide bonds. The minimum absolute atomic E-state index is 0.0993. The highest BCUT2D eigenvalue weighted by molar-refractivity contribution is 6.04. The lowest BCUT2D eigenvalue weighted by atomic mass is 10.1. The number of carbonyl (C=O) groups is 3. The molecule has 14 nitrogen and oxygen atoms in total. The highest BCUT2D eigenvalue weighted by Gasteiger charge is 2.36. The molecule has 1 atom stereocenters. The smallest absolute Gasteiger partial charge is 0.407 e. The van der Waals surface area contributed by atoms with Crippen molar-refractivity contribution in [1.82, 2.24) is 30.5 Å². The van der Waals surface area contributed by atoms with E-state index < -0.39 is 29.8 Å². The number of anilines is 3. The number of hydrogen-bond donors (Lipinski definition) is 5. The third kappa shape index (κ3) is 8.43. The fourth-order valence-corrected chi connectivity index (χ4v) is 3.77. The number of hydrogen-bond acceptors (Lipinski definition) is 11. The van der Waals surface area contributed by atoms with Gasteiger partial charge in [0.25, 0.3) is 5.91 Å². The van der Waals surface area contributed by atoms with Gasteiger partial charge in [-0.1, -0.05) is 36.4 Å². The Balaban J connectivity index is 1.42. The van der Waals surface area contributed by atoms with Crippen molar-refractivity contribution in [1.29, 1.82) is 0 Å². The fourth-order valence-electron chi connectivity index (χ4n) is 3.77. The highest BCUT2D eigenvalue weighted by Crippen LogP contribution is 2.16. The fraction of sp³-hybridized carbons (Fsp3) is 0.357. The molecule has 5 N–H and O–H groups in total. The van der Waals surface area contributed by atoms with Crippen LogP contribution in [0.2, 0.25) is 0 Å². The molecule has 2 heterocycles. The van der Waals surface area contributed by atoms with Gasteiger partial charge in [-0.25, -0.2) is 9.59 Å². The summed E-state index contributed by atoms with van der Waals surface area (Å²) in [6.45, 7) is 6.58. The van der Waals surface area contributed by atoms with E-state index in [9.17, 15) is 14.4 Å². The Labute approximate surface area is 243 Å². The summed E-state index contributed by atoms with van der Waals surface area (Å²) in [4.78, 5) is 50.4. The molecule has 0 saturated carbocycles. The van der Waals surface area contributed by atoms with Crippen molar-refractivity contribution in [3.8, 4) is 5.75 Å². The summed E-state index contributed by atoms with van der Waals surface area (Å²) < 4.78 is 10.5. The molecule has 1 aromatic heterocycles.